The first-order valence-corrected chi connectivity index (χ1v) is 7.44. The van der Waals surface area contributed by atoms with E-state index < -0.39 is 0 Å². The van der Waals surface area contributed by atoms with Gasteiger partial charge in [0.2, 0.25) is 0 Å². The Morgan fingerprint density at radius 2 is 2.00 bits per heavy atom. The summed E-state index contributed by atoms with van der Waals surface area (Å²) in [6.45, 7) is 6.61. The third-order valence-corrected chi connectivity index (χ3v) is 4.31. The van der Waals surface area contributed by atoms with Crippen molar-refractivity contribution < 1.29 is 0 Å². The lowest BCUT2D eigenvalue weighted by Gasteiger charge is -2.10. The van der Waals surface area contributed by atoms with Gasteiger partial charge in [0.1, 0.15) is 0 Å². The van der Waals surface area contributed by atoms with Gasteiger partial charge in [-0.05, 0) is 31.0 Å². The lowest BCUT2D eigenvalue weighted by molar-refractivity contribution is 0.600. The predicted octanol–water partition coefficient (Wildman–Crippen LogP) is 2.29. The SMILES string of the molecule is CCCNCCNCC1Cc2ccccc2S1. The van der Waals surface area contributed by atoms with Crippen LogP contribution in [0.5, 0.6) is 0 Å². The van der Waals surface area contributed by atoms with Crippen molar-refractivity contribution in [2.45, 2.75) is 29.9 Å². The molecule has 1 aromatic carbocycles. The molecule has 0 bridgehead atoms. The molecule has 1 aliphatic rings. The number of hydrogen-bond acceptors (Lipinski definition) is 3. The van der Waals surface area contributed by atoms with Crippen molar-refractivity contribution in [2.24, 2.45) is 0 Å². The maximum Gasteiger partial charge on any atom is 0.0260 e. The summed E-state index contributed by atoms with van der Waals surface area (Å²) in [7, 11) is 0. The Labute approximate surface area is 109 Å². The van der Waals surface area contributed by atoms with Crippen LogP contribution >= 0.6 is 11.8 Å². The minimum atomic E-state index is 0.721. The molecule has 3 heteroatoms. The third kappa shape index (κ3) is 4.02. The van der Waals surface area contributed by atoms with E-state index in [9.17, 15) is 0 Å². The van der Waals surface area contributed by atoms with Crippen molar-refractivity contribution in [3.63, 3.8) is 0 Å². The maximum absolute atomic E-state index is 3.54. The number of fused-ring (bicyclic) bond motifs is 1. The van der Waals surface area contributed by atoms with Crippen molar-refractivity contribution in [3.8, 4) is 0 Å². The Bertz CT molecular complexity index is 316. The van der Waals surface area contributed by atoms with E-state index in [2.05, 4.69) is 41.8 Å². The summed E-state index contributed by atoms with van der Waals surface area (Å²) < 4.78 is 0. The van der Waals surface area contributed by atoms with E-state index in [1.807, 2.05) is 11.8 Å². The number of benzene rings is 1. The highest BCUT2D eigenvalue weighted by Gasteiger charge is 2.20. The standard InChI is InChI=1S/C14H22N2S/c1-2-7-15-8-9-16-11-13-10-12-5-3-4-6-14(12)17-13/h3-6,13,15-16H,2,7-11H2,1H3. The first-order valence-electron chi connectivity index (χ1n) is 6.56. The van der Waals surface area contributed by atoms with Gasteiger partial charge in [0.05, 0.1) is 0 Å². The number of rotatable bonds is 7. The minimum Gasteiger partial charge on any atom is -0.315 e. The van der Waals surface area contributed by atoms with Gasteiger partial charge in [-0.25, -0.2) is 0 Å². The van der Waals surface area contributed by atoms with Crippen LogP contribution in [-0.4, -0.2) is 31.4 Å². The molecule has 2 rings (SSSR count). The minimum absolute atomic E-state index is 0.721. The summed E-state index contributed by atoms with van der Waals surface area (Å²) in [5.74, 6) is 0. The van der Waals surface area contributed by atoms with E-state index in [1.165, 1.54) is 23.3 Å². The fourth-order valence-corrected chi connectivity index (χ4v) is 3.39. The predicted molar refractivity (Wildman–Crippen MR) is 75.8 cm³/mol. The van der Waals surface area contributed by atoms with E-state index in [4.69, 9.17) is 0 Å². The summed E-state index contributed by atoms with van der Waals surface area (Å²) in [4.78, 5) is 1.48. The zero-order valence-corrected chi connectivity index (χ0v) is 11.4. The van der Waals surface area contributed by atoms with Gasteiger partial charge in [-0.15, -0.1) is 11.8 Å². The fraction of sp³-hybridized carbons (Fsp3) is 0.571. The highest BCUT2D eigenvalue weighted by atomic mass is 32.2. The van der Waals surface area contributed by atoms with Crippen LogP contribution in [0.2, 0.25) is 0 Å². The zero-order chi connectivity index (χ0) is 11.9. The van der Waals surface area contributed by atoms with E-state index >= 15 is 0 Å². The zero-order valence-electron chi connectivity index (χ0n) is 10.5. The summed E-state index contributed by atoms with van der Waals surface area (Å²) in [5.41, 5.74) is 1.52. The van der Waals surface area contributed by atoms with Gasteiger partial charge in [-0.3, -0.25) is 0 Å². The molecule has 0 aromatic heterocycles. The van der Waals surface area contributed by atoms with Crippen molar-refractivity contribution in [3.05, 3.63) is 29.8 Å². The molecule has 0 amide bonds. The lowest BCUT2D eigenvalue weighted by Crippen LogP contribution is -2.32. The summed E-state index contributed by atoms with van der Waals surface area (Å²) in [6, 6.07) is 8.77. The van der Waals surface area contributed by atoms with Crippen molar-refractivity contribution in [1.82, 2.24) is 10.6 Å². The van der Waals surface area contributed by atoms with E-state index in [0.717, 1.165) is 31.4 Å². The van der Waals surface area contributed by atoms with Crippen molar-refractivity contribution in [2.75, 3.05) is 26.2 Å². The number of hydrogen-bond donors (Lipinski definition) is 2. The molecule has 17 heavy (non-hydrogen) atoms. The molecule has 94 valence electrons. The largest absolute Gasteiger partial charge is 0.315 e. The molecule has 1 unspecified atom stereocenters. The Morgan fingerprint density at radius 1 is 1.18 bits per heavy atom. The Balaban J connectivity index is 1.60. The van der Waals surface area contributed by atoms with Gasteiger partial charge in [0, 0.05) is 29.8 Å². The van der Waals surface area contributed by atoms with Crippen LogP contribution in [0.15, 0.2) is 29.2 Å². The first-order chi connectivity index (χ1) is 8.40. The first kappa shape index (κ1) is 12.9. The van der Waals surface area contributed by atoms with Gasteiger partial charge in [0.25, 0.3) is 0 Å². The quantitative estimate of drug-likeness (QED) is 0.726. The molecule has 0 fully saturated rings. The van der Waals surface area contributed by atoms with Crippen LogP contribution in [-0.2, 0) is 6.42 Å². The van der Waals surface area contributed by atoms with Crippen LogP contribution in [0.4, 0.5) is 0 Å². The second-order valence-corrected chi connectivity index (χ2v) is 5.85. The van der Waals surface area contributed by atoms with E-state index in [-0.39, 0.29) is 0 Å². The Hall–Kier alpha value is -0.510. The second kappa shape index (κ2) is 7.04. The molecule has 0 radical (unpaired) electrons. The smallest absolute Gasteiger partial charge is 0.0260 e. The number of nitrogens with one attached hydrogen (secondary N) is 2. The molecule has 1 heterocycles. The van der Waals surface area contributed by atoms with E-state index in [0.29, 0.717) is 0 Å². The van der Waals surface area contributed by atoms with Gasteiger partial charge in [-0.1, -0.05) is 25.1 Å². The molecule has 1 atom stereocenters. The van der Waals surface area contributed by atoms with Gasteiger partial charge < -0.3 is 10.6 Å². The molecule has 0 spiro atoms. The van der Waals surface area contributed by atoms with Crippen LogP contribution in [0, 0.1) is 0 Å². The summed E-state index contributed by atoms with van der Waals surface area (Å²) in [5, 5.41) is 7.67. The monoisotopic (exact) mass is 250 g/mol. The summed E-state index contributed by atoms with van der Waals surface area (Å²) >= 11 is 2.02. The van der Waals surface area contributed by atoms with Gasteiger partial charge in [0.15, 0.2) is 0 Å². The normalized spacial score (nSPS) is 18.3. The molecule has 0 aliphatic carbocycles. The third-order valence-electron chi connectivity index (χ3n) is 2.99. The molecule has 1 aliphatic heterocycles. The topological polar surface area (TPSA) is 24.1 Å². The van der Waals surface area contributed by atoms with Crippen molar-refractivity contribution >= 4 is 11.8 Å². The average Bonchev–Trinajstić information content (AvgIpc) is 2.76. The van der Waals surface area contributed by atoms with Crippen LogP contribution in [0.3, 0.4) is 0 Å². The molecule has 1 aromatic rings. The molecule has 2 N–H and O–H groups in total. The van der Waals surface area contributed by atoms with Crippen LogP contribution < -0.4 is 10.6 Å². The fourth-order valence-electron chi connectivity index (χ4n) is 2.11. The Kier molecular flexibility index (Phi) is 5.36. The Morgan fingerprint density at radius 3 is 2.82 bits per heavy atom. The second-order valence-electron chi connectivity index (χ2n) is 4.51. The molecule has 0 saturated heterocycles. The maximum atomic E-state index is 3.54. The van der Waals surface area contributed by atoms with Crippen LogP contribution in [0.1, 0.15) is 18.9 Å². The van der Waals surface area contributed by atoms with E-state index in [1.54, 1.807) is 0 Å². The van der Waals surface area contributed by atoms with Crippen LogP contribution in [0.25, 0.3) is 0 Å². The highest BCUT2D eigenvalue weighted by molar-refractivity contribution is 8.00. The number of thioether (sulfide) groups is 1. The molecule has 0 saturated carbocycles. The van der Waals surface area contributed by atoms with Gasteiger partial charge in [-0.2, -0.15) is 0 Å². The van der Waals surface area contributed by atoms with Crippen molar-refractivity contribution in [1.29, 1.82) is 0 Å². The molecular weight excluding hydrogens is 228 g/mol. The highest BCUT2D eigenvalue weighted by Crippen LogP contribution is 2.36. The average molecular weight is 250 g/mol. The van der Waals surface area contributed by atoms with Gasteiger partial charge >= 0.3 is 0 Å². The summed E-state index contributed by atoms with van der Waals surface area (Å²) in [6.07, 6.45) is 2.43. The lowest BCUT2D eigenvalue weighted by atomic mass is 10.1. The molecular formula is C14H22N2S. The molecule has 2 nitrogen and oxygen atoms in total.